The number of hydrogen-bond donors (Lipinski definition) is 2. The third kappa shape index (κ3) is 5.18. The molecule has 0 radical (unpaired) electrons. The van der Waals surface area contributed by atoms with E-state index in [0.29, 0.717) is 24.5 Å². The van der Waals surface area contributed by atoms with Crippen molar-refractivity contribution in [1.82, 2.24) is 24.5 Å². The zero-order valence-electron chi connectivity index (χ0n) is 17.9. The Kier molecular flexibility index (Phi) is 6.52. The largest absolute Gasteiger partial charge is 0.356 e. The average Bonchev–Trinajstić information content (AvgIpc) is 3.22. The summed E-state index contributed by atoms with van der Waals surface area (Å²) in [5.74, 6) is -0.212. The minimum absolute atomic E-state index is 0.0310. The standard InChI is InChI=1S/C22H21FN6O4S/c23-16-2-1-3-17(14-16)28-12-13-29-19(26-27-21(29)22(28)31)8-9-20(30)25-11-10-15-4-6-18(7-5-15)34(24,32)33/h1-7,12-14H,8-11H2,(H,25,30)(H2,24,32,33). The maximum atomic E-state index is 13.5. The Hall–Kier alpha value is -3.90. The van der Waals surface area contributed by atoms with Crippen LogP contribution in [0.2, 0.25) is 0 Å². The minimum Gasteiger partial charge on any atom is -0.356 e. The number of halogens is 1. The van der Waals surface area contributed by atoms with Gasteiger partial charge >= 0.3 is 5.56 Å². The molecule has 2 heterocycles. The fraction of sp³-hybridized carbons (Fsp3) is 0.182. The molecule has 0 aliphatic rings. The highest BCUT2D eigenvalue weighted by Crippen LogP contribution is 2.10. The SMILES string of the molecule is NS(=O)(=O)c1ccc(CCNC(=O)CCc2nnc3c(=O)n(-c4cccc(F)c4)ccn23)cc1. The number of nitrogens with zero attached hydrogens (tertiary/aromatic N) is 4. The Morgan fingerprint density at radius 2 is 1.82 bits per heavy atom. The van der Waals surface area contributed by atoms with Gasteiger partial charge in [0.15, 0.2) is 0 Å². The molecule has 0 saturated carbocycles. The van der Waals surface area contributed by atoms with E-state index in [1.165, 1.54) is 45.5 Å². The summed E-state index contributed by atoms with van der Waals surface area (Å²) in [6, 6.07) is 11.8. The molecule has 0 atom stereocenters. The predicted molar refractivity (Wildman–Crippen MR) is 121 cm³/mol. The maximum Gasteiger partial charge on any atom is 0.300 e. The average molecular weight is 485 g/mol. The van der Waals surface area contributed by atoms with Crippen molar-refractivity contribution in [3.63, 3.8) is 0 Å². The van der Waals surface area contributed by atoms with E-state index in [1.54, 1.807) is 24.4 Å². The summed E-state index contributed by atoms with van der Waals surface area (Å²) in [7, 11) is -3.74. The van der Waals surface area contributed by atoms with Gasteiger partial charge in [0, 0.05) is 31.8 Å². The van der Waals surface area contributed by atoms with Gasteiger partial charge in [-0.2, -0.15) is 0 Å². The van der Waals surface area contributed by atoms with Crippen molar-refractivity contribution in [2.24, 2.45) is 5.14 Å². The number of sulfonamides is 1. The van der Waals surface area contributed by atoms with Crippen molar-refractivity contribution in [1.29, 1.82) is 0 Å². The second kappa shape index (κ2) is 9.53. The second-order valence-electron chi connectivity index (χ2n) is 7.55. The molecule has 1 amide bonds. The Morgan fingerprint density at radius 1 is 1.06 bits per heavy atom. The highest BCUT2D eigenvalue weighted by molar-refractivity contribution is 7.89. The molecule has 0 fully saturated rings. The van der Waals surface area contributed by atoms with Gasteiger partial charge in [-0.1, -0.05) is 18.2 Å². The molecular weight excluding hydrogens is 463 g/mol. The van der Waals surface area contributed by atoms with Gasteiger partial charge in [0.1, 0.15) is 11.6 Å². The third-order valence-corrected chi connectivity index (χ3v) is 6.12. The first-order valence-electron chi connectivity index (χ1n) is 10.3. The quantitative estimate of drug-likeness (QED) is 0.382. The molecule has 2 aromatic heterocycles. The van der Waals surface area contributed by atoms with Crippen LogP contribution < -0.4 is 16.0 Å². The second-order valence-corrected chi connectivity index (χ2v) is 9.11. The lowest BCUT2D eigenvalue weighted by Crippen LogP contribution is -2.26. The monoisotopic (exact) mass is 484 g/mol. The van der Waals surface area contributed by atoms with E-state index in [0.717, 1.165) is 5.56 Å². The van der Waals surface area contributed by atoms with Crippen molar-refractivity contribution in [3.05, 3.63) is 88.5 Å². The number of nitrogens with one attached hydrogen (secondary N) is 1. The number of aryl methyl sites for hydroxylation is 1. The normalized spacial score (nSPS) is 11.6. The third-order valence-electron chi connectivity index (χ3n) is 5.19. The number of aromatic nitrogens is 4. The molecule has 0 spiro atoms. The zero-order chi connectivity index (χ0) is 24.3. The first-order valence-corrected chi connectivity index (χ1v) is 11.9. The number of nitrogens with two attached hydrogens (primary N) is 1. The van der Waals surface area contributed by atoms with E-state index in [-0.39, 0.29) is 29.3 Å². The van der Waals surface area contributed by atoms with Crippen molar-refractivity contribution >= 4 is 21.6 Å². The van der Waals surface area contributed by atoms with Crippen LogP contribution >= 0.6 is 0 Å². The molecule has 0 unspecified atom stereocenters. The molecule has 176 valence electrons. The molecule has 3 N–H and O–H groups in total. The van der Waals surface area contributed by atoms with Gasteiger partial charge < -0.3 is 5.32 Å². The van der Waals surface area contributed by atoms with Gasteiger partial charge in [-0.25, -0.2) is 17.9 Å². The van der Waals surface area contributed by atoms with Crippen LogP contribution in [-0.2, 0) is 27.7 Å². The first kappa shape index (κ1) is 23.3. The van der Waals surface area contributed by atoms with E-state index in [2.05, 4.69) is 15.5 Å². The number of fused-ring (bicyclic) bond motifs is 1. The van der Waals surface area contributed by atoms with Gasteiger partial charge in [-0.05, 0) is 42.3 Å². The number of benzene rings is 2. The number of amides is 1. The number of hydrogen-bond acceptors (Lipinski definition) is 6. The minimum atomic E-state index is -3.74. The molecule has 4 rings (SSSR count). The molecule has 0 saturated heterocycles. The molecule has 0 bridgehead atoms. The van der Waals surface area contributed by atoms with Crippen LogP contribution in [0, 0.1) is 5.82 Å². The topological polar surface area (TPSA) is 141 Å². The van der Waals surface area contributed by atoms with Crippen LogP contribution in [0.15, 0.2) is 70.6 Å². The van der Waals surface area contributed by atoms with Gasteiger partial charge in [-0.15, -0.1) is 10.2 Å². The van der Waals surface area contributed by atoms with E-state index in [4.69, 9.17) is 5.14 Å². The van der Waals surface area contributed by atoms with Gasteiger partial charge in [0.05, 0.1) is 10.6 Å². The van der Waals surface area contributed by atoms with Crippen LogP contribution in [0.1, 0.15) is 17.8 Å². The molecule has 4 aromatic rings. The lowest BCUT2D eigenvalue weighted by molar-refractivity contribution is -0.121. The summed E-state index contributed by atoms with van der Waals surface area (Å²) >= 11 is 0. The van der Waals surface area contributed by atoms with Gasteiger partial charge in [-0.3, -0.25) is 18.6 Å². The highest BCUT2D eigenvalue weighted by Gasteiger charge is 2.13. The van der Waals surface area contributed by atoms with E-state index in [9.17, 15) is 22.4 Å². The van der Waals surface area contributed by atoms with Crippen molar-refractivity contribution < 1.29 is 17.6 Å². The van der Waals surface area contributed by atoms with Crippen LogP contribution in [0.3, 0.4) is 0 Å². The van der Waals surface area contributed by atoms with Gasteiger partial charge in [0.25, 0.3) is 0 Å². The molecule has 0 aliphatic heterocycles. The molecule has 34 heavy (non-hydrogen) atoms. The van der Waals surface area contributed by atoms with Crippen LogP contribution in [0.5, 0.6) is 0 Å². The molecule has 2 aromatic carbocycles. The zero-order valence-corrected chi connectivity index (χ0v) is 18.7. The van der Waals surface area contributed by atoms with E-state index >= 15 is 0 Å². The van der Waals surface area contributed by atoms with Crippen LogP contribution in [-0.4, -0.2) is 40.0 Å². The van der Waals surface area contributed by atoms with Crippen LogP contribution in [0.25, 0.3) is 11.3 Å². The van der Waals surface area contributed by atoms with Crippen LogP contribution in [0.4, 0.5) is 4.39 Å². The number of carbonyl (C=O) groups excluding carboxylic acids is 1. The lowest BCUT2D eigenvalue weighted by Gasteiger charge is -2.07. The Morgan fingerprint density at radius 3 is 2.53 bits per heavy atom. The fourth-order valence-electron chi connectivity index (χ4n) is 3.44. The summed E-state index contributed by atoms with van der Waals surface area (Å²) in [6.45, 7) is 0.368. The summed E-state index contributed by atoms with van der Waals surface area (Å²) in [5, 5.41) is 15.8. The van der Waals surface area contributed by atoms with Crippen molar-refractivity contribution in [2.45, 2.75) is 24.2 Å². The van der Waals surface area contributed by atoms with Crippen molar-refractivity contribution in [3.8, 4) is 5.69 Å². The fourth-order valence-corrected chi connectivity index (χ4v) is 3.96. The summed E-state index contributed by atoms with van der Waals surface area (Å²) in [5.41, 5.74) is 0.844. The summed E-state index contributed by atoms with van der Waals surface area (Å²) in [4.78, 5) is 25.0. The maximum absolute atomic E-state index is 13.5. The molecule has 10 nitrogen and oxygen atoms in total. The Labute approximate surface area is 193 Å². The number of carbonyl (C=O) groups is 1. The van der Waals surface area contributed by atoms with E-state index in [1.807, 2.05) is 0 Å². The number of rotatable bonds is 8. The predicted octanol–water partition coefficient (Wildman–Crippen LogP) is 0.958. The number of primary sulfonamides is 1. The first-order chi connectivity index (χ1) is 16.2. The van der Waals surface area contributed by atoms with Gasteiger partial charge in [0.2, 0.25) is 21.6 Å². The smallest absolute Gasteiger partial charge is 0.300 e. The van der Waals surface area contributed by atoms with E-state index < -0.39 is 21.4 Å². The Balaban J connectivity index is 1.35. The molecule has 12 heteroatoms. The summed E-state index contributed by atoms with van der Waals surface area (Å²) < 4.78 is 38.9. The van der Waals surface area contributed by atoms with Crippen molar-refractivity contribution in [2.75, 3.05) is 6.54 Å². The summed E-state index contributed by atoms with van der Waals surface area (Å²) in [6.07, 6.45) is 4.01. The lowest BCUT2D eigenvalue weighted by atomic mass is 10.1. The molecule has 0 aliphatic carbocycles. The molecular formula is C22H21FN6O4S. The Bertz CT molecular complexity index is 1510. The highest BCUT2D eigenvalue weighted by atomic mass is 32.2.